The normalized spacial score (nSPS) is 16.3. The molecule has 1 aliphatic heterocycles. The van der Waals surface area contributed by atoms with Crippen molar-refractivity contribution < 1.29 is 19.1 Å². The summed E-state index contributed by atoms with van der Waals surface area (Å²) in [5.74, 6) is -0.550. The Morgan fingerprint density at radius 1 is 1.37 bits per heavy atom. The number of hydrogen-bond acceptors (Lipinski definition) is 6. The van der Waals surface area contributed by atoms with E-state index in [4.69, 9.17) is 21.1 Å². The second-order valence-corrected chi connectivity index (χ2v) is 7.55. The Hall–Kier alpha value is -1.96. The van der Waals surface area contributed by atoms with E-state index in [1.165, 1.54) is 18.4 Å². The van der Waals surface area contributed by atoms with Crippen LogP contribution in [0.25, 0.3) is 10.6 Å². The molecule has 27 heavy (non-hydrogen) atoms. The van der Waals surface area contributed by atoms with E-state index in [1.54, 1.807) is 22.4 Å². The molecule has 0 N–H and O–H groups in total. The predicted octanol–water partition coefficient (Wildman–Crippen LogP) is 3.65. The zero-order valence-corrected chi connectivity index (χ0v) is 16.6. The molecule has 1 amide bonds. The van der Waals surface area contributed by atoms with Crippen molar-refractivity contribution in [3.05, 3.63) is 40.4 Å². The van der Waals surface area contributed by atoms with E-state index >= 15 is 0 Å². The van der Waals surface area contributed by atoms with Crippen molar-refractivity contribution >= 4 is 34.8 Å². The van der Waals surface area contributed by atoms with Crippen LogP contribution in [0.15, 0.2) is 29.6 Å². The number of esters is 1. The minimum Gasteiger partial charge on any atom is -0.469 e. The van der Waals surface area contributed by atoms with Crippen LogP contribution in [0.1, 0.15) is 29.8 Å². The molecule has 2 heterocycles. The lowest BCUT2D eigenvalue weighted by Crippen LogP contribution is -2.39. The first-order valence-corrected chi connectivity index (χ1v) is 10.0. The first-order chi connectivity index (χ1) is 13.1. The zero-order valence-electron chi connectivity index (χ0n) is 15.0. The van der Waals surface area contributed by atoms with Gasteiger partial charge in [0.25, 0.3) is 5.91 Å². The van der Waals surface area contributed by atoms with E-state index < -0.39 is 0 Å². The van der Waals surface area contributed by atoms with Crippen molar-refractivity contribution in [1.29, 1.82) is 0 Å². The molecule has 1 fully saturated rings. The van der Waals surface area contributed by atoms with Gasteiger partial charge in [0.1, 0.15) is 10.7 Å². The van der Waals surface area contributed by atoms with Gasteiger partial charge in [-0.25, -0.2) is 4.98 Å². The number of rotatable bonds is 7. The van der Waals surface area contributed by atoms with Crippen LogP contribution in [0.2, 0.25) is 5.02 Å². The predicted molar refractivity (Wildman–Crippen MR) is 104 cm³/mol. The molecule has 0 saturated carbocycles. The van der Waals surface area contributed by atoms with E-state index in [-0.39, 0.29) is 30.9 Å². The van der Waals surface area contributed by atoms with Gasteiger partial charge < -0.3 is 14.4 Å². The highest BCUT2D eigenvalue weighted by molar-refractivity contribution is 7.13. The summed E-state index contributed by atoms with van der Waals surface area (Å²) in [6.45, 7) is 1.43. The number of carbonyl (C=O) groups is 2. The van der Waals surface area contributed by atoms with Crippen LogP contribution in [0.4, 0.5) is 0 Å². The van der Waals surface area contributed by atoms with Gasteiger partial charge in [-0.3, -0.25) is 9.59 Å². The van der Waals surface area contributed by atoms with Gasteiger partial charge in [0.05, 0.1) is 19.6 Å². The molecule has 1 aromatic carbocycles. The average Bonchev–Trinajstić information content (AvgIpc) is 3.37. The van der Waals surface area contributed by atoms with Crippen LogP contribution in [-0.4, -0.2) is 54.7 Å². The number of thiazole rings is 1. The Balaban J connectivity index is 1.73. The van der Waals surface area contributed by atoms with E-state index in [9.17, 15) is 9.59 Å². The highest BCUT2D eigenvalue weighted by atomic mass is 35.5. The Labute approximate surface area is 167 Å². The summed E-state index contributed by atoms with van der Waals surface area (Å²) in [6.07, 6.45) is 2.04. The summed E-state index contributed by atoms with van der Waals surface area (Å²) >= 11 is 7.32. The smallest absolute Gasteiger partial charge is 0.307 e. The number of hydrogen-bond donors (Lipinski definition) is 0. The number of carbonyl (C=O) groups excluding carboxylic acids is 2. The Morgan fingerprint density at radius 3 is 2.81 bits per heavy atom. The van der Waals surface area contributed by atoms with Crippen molar-refractivity contribution in [2.75, 3.05) is 26.8 Å². The molecular weight excluding hydrogens is 388 g/mol. The molecule has 0 radical (unpaired) electrons. The molecule has 1 atom stereocenters. The van der Waals surface area contributed by atoms with Gasteiger partial charge in [0.2, 0.25) is 0 Å². The van der Waals surface area contributed by atoms with Gasteiger partial charge in [-0.1, -0.05) is 23.7 Å². The number of ether oxygens (including phenoxy) is 2. The second kappa shape index (κ2) is 9.30. The fourth-order valence-electron chi connectivity index (χ4n) is 2.90. The SMILES string of the molecule is COC(=O)CCN(CC1CCCO1)C(=O)c1csc(-c2ccc(Cl)cc2)n1. The lowest BCUT2D eigenvalue weighted by atomic mass is 10.2. The molecule has 1 unspecified atom stereocenters. The van der Waals surface area contributed by atoms with Crippen molar-refractivity contribution in [3.63, 3.8) is 0 Å². The Kier molecular flexibility index (Phi) is 6.82. The molecule has 2 aromatic rings. The first-order valence-electron chi connectivity index (χ1n) is 8.76. The van der Waals surface area contributed by atoms with Crippen molar-refractivity contribution in [2.45, 2.75) is 25.4 Å². The van der Waals surface area contributed by atoms with Crippen molar-refractivity contribution in [3.8, 4) is 10.6 Å². The summed E-state index contributed by atoms with van der Waals surface area (Å²) in [6, 6.07) is 7.33. The van der Waals surface area contributed by atoms with Crippen molar-refractivity contribution in [1.82, 2.24) is 9.88 Å². The van der Waals surface area contributed by atoms with Crippen LogP contribution < -0.4 is 0 Å². The summed E-state index contributed by atoms with van der Waals surface area (Å²) in [5, 5.41) is 3.14. The average molecular weight is 409 g/mol. The minimum atomic E-state index is -0.347. The summed E-state index contributed by atoms with van der Waals surface area (Å²) in [7, 11) is 1.34. The summed E-state index contributed by atoms with van der Waals surface area (Å²) in [5.41, 5.74) is 1.27. The standard InChI is InChI=1S/C19H21ClN2O4S/c1-25-17(23)8-9-22(11-15-3-2-10-26-15)19(24)16-12-27-18(21-16)13-4-6-14(20)7-5-13/h4-7,12,15H,2-3,8-11H2,1H3. The van der Waals surface area contributed by atoms with E-state index in [1.807, 2.05) is 12.1 Å². The Morgan fingerprint density at radius 2 is 2.15 bits per heavy atom. The molecule has 6 nitrogen and oxygen atoms in total. The van der Waals surface area contributed by atoms with E-state index in [2.05, 4.69) is 4.98 Å². The molecule has 0 bridgehead atoms. The lowest BCUT2D eigenvalue weighted by molar-refractivity contribution is -0.140. The number of nitrogens with zero attached hydrogens (tertiary/aromatic N) is 2. The maximum absolute atomic E-state index is 13.0. The fraction of sp³-hybridized carbons (Fsp3) is 0.421. The quantitative estimate of drug-likeness (QED) is 0.654. The molecule has 1 aliphatic rings. The zero-order chi connectivity index (χ0) is 19.2. The van der Waals surface area contributed by atoms with Gasteiger partial charge in [0, 0.05) is 35.7 Å². The van der Waals surface area contributed by atoms with Crippen LogP contribution in [0.5, 0.6) is 0 Å². The second-order valence-electron chi connectivity index (χ2n) is 6.26. The van der Waals surface area contributed by atoms with Crippen LogP contribution >= 0.6 is 22.9 Å². The van der Waals surface area contributed by atoms with Gasteiger partial charge in [0.15, 0.2) is 0 Å². The maximum atomic E-state index is 13.0. The van der Waals surface area contributed by atoms with Gasteiger partial charge >= 0.3 is 5.97 Å². The van der Waals surface area contributed by atoms with Gasteiger partial charge in [-0.15, -0.1) is 11.3 Å². The van der Waals surface area contributed by atoms with Crippen LogP contribution in [0, 0.1) is 0 Å². The molecule has 0 aliphatic carbocycles. The largest absolute Gasteiger partial charge is 0.469 e. The molecule has 0 spiro atoms. The monoisotopic (exact) mass is 408 g/mol. The molecular formula is C19H21ClN2O4S. The summed E-state index contributed by atoms with van der Waals surface area (Å²) in [4.78, 5) is 30.6. The first kappa shape index (κ1) is 19.8. The molecule has 144 valence electrons. The third kappa shape index (κ3) is 5.28. The maximum Gasteiger partial charge on any atom is 0.307 e. The van der Waals surface area contributed by atoms with Crippen LogP contribution in [-0.2, 0) is 14.3 Å². The van der Waals surface area contributed by atoms with E-state index in [0.29, 0.717) is 23.9 Å². The Bertz CT molecular complexity index is 787. The molecule has 8 heteroatoms. The third-order valence-electron chi connectivity index (χ3n) is 4.36. The third-order valence-corrected chi connectivity index (χ3v) is 5.51. The highest BCUT2D eigenvalue weighted by Crippen LogP contribution is 2.26. The number of benzene rings is 1. The van der Waals surface area contributed by atoms with Gasteiger partial charge in [-0.05, 0) is 25.0 Å². The van der Waals surface area contributed by atoms with E-state index in [0.717, 1.165) is 23.4 Å². The molecule has 1 aromatic heterocycles. The molecule has 1 saturated heterocycles. The number of aromatic nitrogens is 1. The van der Waals surface area contributed by atoms with Crippen LogP contribution in [0.3, 0.4) is 0 Å². The fourth-order valence-corrected chi connectivity index (χ4v) is 3.82. The summed E-state index contributed by atoms with van der Waals surface area (Å²) < 4.78 is 10.3. The lowest BCUT2D eigenvalue weighted by Gasteiger charge is -2.24. The van der Waals surface area contributed by atoms with Gasteiger partial charge in [-0.2, -0.15) is 0 Å². The molecule has 3 rings (SSSR count). The number of halogens is 1. The number of amides is 1. The number of methoxy groups -OCH3 is 1. The minimum absolute atomic E-state index is 0.000897. The highest BCUT2D eigenvalue weighted by Gasteiger charge is 2.25. The van der Waals surface area contributed by atoms with Crippen molar-refractivity contribution in [2.24, 2.45) is 0 Å². The topological polar surface area (TPSA) is 68.7 Å².